The third kappa shape index (κ3) is 13.2. The maximum atomic E-state index is 14.5. The smallest absolute Gasteiger partial charge is 0.410 e. The molecule has 334 valence electrons. The number of benzene rings is 2. The molecule has 1 heterocycles. The molecule has 12 heteroatoms. The molecule has 0 aromatic heterocycles. The fourth-order valence-corrected chi connectivity index (χ4v) is 9.00. The van der Waals surface area contributed by atoms with Crippen molar-refractivity contribution in [1.82, 2.24) is 14.7 Å². The topological polar surface area (TPSA) is 143 Å². The van der Waals surface area contributed by atoms with Gasteiger partial charge in [-0.25, -0.2) is 4.79 Å². The largest absolute Gasteiger partial charge is 0.445 e. The number of hydrogen-bond acceptors (Lipinski definition) is 9. The molecule has 0 radical (unpaired) electrons. The molecule has 1 saturated heterocycles. The van der Waals surface area contributed by atoms with Crippen molar-refractivity contribution in [3.05, 3.63) is 71.8 Å². The Hall–Kier alpha value is -4.13. The number of rotatable bonds is 23. The summed E-state index contributed by atoms with van der Waals surface area (Å²) in [5.41, 5.74) is 1.59. The molecule has 1 aliphatic rings. The minimum atomic E-state index is -0.801. The zero-order chi connectivity index (χ0) is 44.8. The van der Waals surface area contributed by atoms with E-state index in [4.69, 9.17) is 14.2 Å². The van der Waals surface area contributed by atoms with Crippen LogP contribution in [0, 0.1) is 35.5 Å². The van der Waals surface area contributed by atoms with E-state index in [1.807, 2.05) is 116 Å². The summed E-state index contributed by atoms with van der Waals surface area (Å²) < 4.78 is 17.5. The molecule has 1 N–H and O–H groups in total. The SMILES string of the molecule is CO[C@H]([C@@H](C)C(=O)C[C@H](C)[C@@H](O)c1ccccc1)[C@@H]1CCCN1C(=O)C[C@@H](OC)[C@H](C(C)C)N(C)C(=O)[C@@H](CC(=O)[C@H](C(C)C)N(C)C(=O)OCc1ccccc1)C(C)C. The first-order chi connectivity index (χ1) is 28.4. The highest BCUT2D eigenvalue weighted by molar-refractivity contribution is 5.92. The number of carbonyl (C=O) groups excluding carboxylic acids is 5. The quantitative estimate of drug-likeness (QED) is 0.121. The minimum absolute atomic E-state index is 0.00309. The summed E-state index contributed by atoms with van der Waals surface area (Å²) in [6.07, 6.45) is -1.08. The zero-order valence-electron chi connectivity index (χ0n) is 38.2. The van der Waals surface area contributed by atoms with Crippen molar-refractivity contribution in [1.29, 1.82) is 0 Å². The maximum absolute atomic E-state index is 14.5. The van der Waals surface area contributed by atoms with Gasteiger partial charge < -0.3 is 34.0 Å². The van der Waals surface area contributed by atoms with Crippen LogP contribution in [-0.2, 0) is 40.0 Å². The molecule has 2 aromatic carbocycles. The van der Waals surface area contributed by atoms with Gasteiger partial charge >= 0.3 is 6.09 Å². The van der Waals surface area contributed by atoms with Crippen LogP contribution < -0.4 is 0 Å². The molecule has 3 amide bonds. The first-order valence-electron chi connectivity index (χ1n) is 21.7. The third-order valence-corrected chi connectivity index (χ3v) is 12.4. The number of amides is 3. The van der Waals surface area contributed by atoms with E-state index < -0.39 is 48.3 Å². The van der Waals surface area contributed by atoms with E-state index in [0.717, 1.165) is 17.5 Å². The monoisotopic (exact) mass is 836 g/mol. The molecular formula is C48H73N3O9. The number of likely N-dealkylation sites (tertiary alicyclic amines) is 1. The van der Waals surface area contributed by atoms with E-state index in [2.05, 4.69) is 0 Å². The minimum Gasteiger partial charge on any atom is -0.445 e. The molecule has 1 aliphatic heterocycles. The Kier molecular flexibility index (Phi) is 19.9. The summed E-state index contributed by atoms with van der Waals surface area (Å²) in [5.74, 6) is -2.71. The van der Waals surface area contributed by atoms with Crippen molar-refractivity contribution in [3.8, 4) is 0 Å². The van der Waals surface area contributed by atoms with Crippen LogP contribution in [0.15, 0.2) is 60.7 Å². The van der Waals surface area contributed by atoms with Crippen molar-refractivity contribution >= 4 is 29.5 Å². The van der Waals surface area contributed by atoms with Gasteiger partial charge in [0, 0.05) is 59.5 Å². The number of nitrogens with zero attached hydrogens (tertiary/aromatic N) is 3. The molecule has 0 unspecified atom stereocenters. The molecule has 3 rings (SSSR count). The second kappa shape index (κ2) is 23.8. The van der Waals surface area contributed by atoms with Gasteiger partial charge in [-0.2, -0.15) is 0 Å². The van der Waals surface area contributed by atoms with E-state index in [9.17, 15) is 29.1 Å². The highest BCUT2D eigenvalue weighted by Gasteiger charge is 2.43. The number of methoxy groups -OCH3 is 2. The Balaban J connectivity index is 1.73. The number of aliphatic hydroxyl groups is 1. The summed E-state index contributed by atoms with van der Waals surface area (Å²) in [6, 6.07) is 17.0. The van der Waals surface area contributed by atoms with Crippen molar-refractivity contribution in [2.45, 2.75) is 131 Å². The van der Waals surface area contributed by atoms with E-state index in [0.29, 0.717) is 13.0 Å². The predicted molar refractivity (Wildman–Crippen MR) is 233 cm³/mol. The van der Waals surface area contributed by atoms with Crippen LogP contribution in [0.3, 0.4) is 0 Å². The van der Waals surface area contributed by atoms with E-state index in [-0.39, 0.29) is 79.0 Å². The van der Waals surface area contributed by atoms with Gasteiger partial charge in [-0.15, -0.1) is 0 Å². The number of aliphatic hydroxyl groups excluding tert-OH is 1. The molecule has 0 aliphatic carbocycles. The lowest BCUT2D eigenvalue weighted by atomic mass is 9.84. The molecular weight excluding hydrogens is 763 g/mol. The molecule has 9 atom stereocenters. The standard InChI is InChI=1S/C48H73N3O9/c1-30(2)37(27-40(53)43(31(3)4)50(10)48(57)60-29-35-20-15-13-16-21-35)47(56)49(9)44(32(5)6)41(58-11)28-42(54)51-25-19-24-38(51)46(59-12)34(8)39(52)26-33(7)45(55)36-22-17-14-18-23-36/h13-18,20-23,30-34,37-38,41,43-46,55H,19,24-29H2,1-12H3/t33-,34-,37-,38-,41+,43-,44-,45+,46+/m0/s1. The van der Waals surface area contributed by atoms with Gasteiger partial charge in [0.1, 0.15) is 12.4 Å². The molecule has 60 heavy (non-hydrogen) atoms. The number of hydrogen-bond donors (Lipinski definition) is 1. The van der Waals surface area contributed by atoms with Crippen LogP contribution in [0.25, 0.3) is 0 Å². The summed E-state index contributed by atoms with van der Waals surface area (Å²) in [4.78, 5) is 74.3. The van der Waals surface area contributed by atoms with Gasteiger partial charge in [0.15, 0.2) is 5.78 Å². The van der Waals surface area contributed by atoms with Crippen LogP contribution in [-0.4, -0.2) is 114 Å². The lowest BCUT2D eigenvalue weighted by molar-refractivity contribution is -0.149. The number of Topliss-reactive ketones (excluding diaryl/α,β-unsaturated/α-hetero) is 2. The average Bonchev–Trinajstić information content (AvgIpc) is 3.71. The van der Waals surface area contributed by atoms with Gasteiger partial charge in [0.25, 0.3) is 0 Å². The van der Waals surface area contributed by atoms with Gasteiger partial charge in [-0.05, 0) is 47.6 Å². The van der Waals surface area contributed by atoms with Gasteiger partial charge in [-0.3, -0.25) is 19.2 Å². The summed E-state index contributed by atoms with van der Waals surface area (Å²) in [7, 11) is 6.37. The molecule has 12 nitrogen and oxygen atoms in total. The number of carbonyl (C=O) groups is 5. The highest BCUT2D eigenvalue weighted by atomic mass is 16.6. The van der Waals surface area contributed by atoms with Crippen LogP contribution >= 0.6 is 0 Å². The zero-order valence-corrected chi connectivity index (χ0v) is 38.2. The van der Waals surface area contributed by atoms with Gasteiger partial charge in [0.2, 0.25) is 11.8 Å². The maximum Gasteiger partial charge on any atom is 0.410 e. The summed E-state index contributed by atoms with van der Waals surface area (Å²) >= 11 is 0. The second-order valence-corrected chi connectivity index (χ2v) is 17.8. The number of ether oxygens (including phenoxy) is 3. The van der Waals surface area contributed by atoms with Crippen LogP contribution in [0.4, 0.5) is 4.79 Å². The van der Waals surface area contributed by atoms with E-state index >= 15 is 0 Å². The van der Waals surface area contributed by atoms with Crippen molar-refractivity contribution < 1.29 is 43.3 Å². The highest BCUT2D eigenvalue weighted by Crippen LogP contribution is 2.32. The number of ketones is 2. The fourth-order valence-electron chi connectivity index (χ4n) is 9.00. The molecule has 0 spiro atoms. The Morgan fingerprint density at radius 1 is 0.750 bits per heavy atom. The Morgan fingerprint density at radius 2 is 1.35 bits per heavy atom. The fraction of sp³-hybridized carbons (Fsp3) is 0.646. The third-order valence-electron chi connectivity index (χ3n) is 12.4. The predicted octanol–water partition coefficient (Wildman–Crippen LogP) is 7.37. The van der Waals surface area contributed by atoms with E-state index in [1.54, 1.807) is 38.1 Å². The van der Waals surface area contributed by atoms with Crippen molar-refractivity contribution in [3.63, 3.8) is 0 Å². The van der Waals surface area contributed by atoms with Crippen LogP contribution in [0.1, 0.15) is 105 Å². The molecule has 1 fully saturated rings. The van der Waals surface area contributed by atoms with Crippen LogP contribution in [0.2, 0.25) is 0 Å². The van der Waals surface area contributed by atoms with Gasteiger partial charge in [-0.1, -0.05) is 116 Å². The first-order valence-corrected chi connectivity index (χ1v) is 21.7. The van der Waals surface area contributed by atoms with E-state index in [1.165, 1.54) is 4.90 Å². The molecule has 0 bridgehead atoms. The average molecular weight is 836 g/mol. The van der Waals surface area contributed by atoms with Crippen molar-refractivity contribution in [2.24, 2.45) is 35.5 Å². The summed E-state index contributed by atoms with van der Waals surface area (Å²) in [5, 5.41) is 10.9. The Bertz CT molecular complexity index is 1670. The van der Waals surface area contributed by atoms with Gasteiger partial charge in [0.05, 0.1) is 42.9 Å². The molecule has 2 aromatic rings. The molecule has 0 saturated carbocycles. The van der Waals surface area contributed by atoms with Crippen LogP contribution in [0.5, 0.6) is 0 Å². The Morgan fingerprint density at radius 3 is 1.88 bits per heavy atom. The summed E-state index contributed by atoms with van der Waals surface area (Å²) in [6.45, 7) is 15.8. The lowest BCUT2D eigenvalue weighted by Crippen LogP contribution is -2.54. The lowest BCUT2D eigenvalue weighted by Gasteiger charge is -2.40. The van der Waals surface area contributed by atoms with Crippen molar-refractivity contribution in [2.75, 3.05) is 34.9 Å². The Labute approximate surface area is 359 Å². The first kappa shape index (κ1) is 50.2. The normalized spacial score (nSPS) is 18.3. The number of likely N-dealkylation sites (N-methyl/N-ethyl adjacent to an activating group) is 2. The second-order valence-electron chi connectivity index (χ2n) is 17.8.